The maximum Gasteiger partial charge on any atom is 0.340 e. The highest BCUT2D eigenvalue weighted by Gasteiger charge is 2.23. The lowest BCUT2D eigenvalue weighted by Crippen LogP contribution is -2.09. The van der Waals surface area contributed by atoms with Crippen molar-refractivity contribution < 1.29 is 19.4 Å². The summed E-state index contributed by atoms with van der Waals surface area (Å²) in [7, 11) is 1.93. The molecular formula is C22H24BrNO4. The third-order valence-electron chi connectivity index (χ3n) is 4.66. The number of aliphatic hydroxyl groups is 1. The Labute approximate surface area is 173 Å². The molecule has 1 heterocycles. The summed E-state index contributed by atoms with van der Waals surface area (Å²) in [6, 6.07) is 13.8. The van der Waals surface area contributed by atoms with Gasteiger partial charge >= 0.3 is 5.97 Å². The Balaban J connectivity index is 2.04. The predicted octanol–water partition coefficient (Wildman–Crippen LogP) is 4.62. The molecule has 0 spiro atoms. The molecule has 2 aromatic carbocycles. The van der Waals surface area contributed by atoms with Gasteiger partial charge in [0.2, 0.25) is 0 Å². The molecule has 3 rings (SSSR count). The quantitative estimate of drug-likeness (QED) is 0.513. The minimum Gasteiger partial charge on any atom is -0.488 e. The Morgan fingerprint density at radius 1 is 1.21 bits per heavy atom. The molecule has 3 aromatic rings. The van der Waals surface area contributed by atoms with Crippen LogP contribution in [0.2, 0.25) is 0 Å². The van der Waals surface area contributed by atoms with Gasteiger partial charge in [-0.25, -0.2) is 4.79 Å². The number of carbonyl (C=O) groups excluding carboxylic acids is 1. The third kappa shape index (κ3) is 4.23. The zero-order valence-corrected chi connectivity index (χ0v) is 17.7. The van der Waals surface area contributed by atoms with Gasteiger partial charge in [0, 0.05) is 24.7 Å². The molecule has 0 saturated heterocycles. The molecule has 0 aliphatic rings. The van der Waals surface area contributed by atoms with Crippen LogP contribution in [-0.2, 0) is 24.8 Å². The number of hydrogen-bond acceptors (Lipinski definition) is 4. The van der Waals surface area contributed by atoms with Crippen molar-refractivity contribution in [2.45, 2.75) is 26.4 Å². The van der Waals surface area contributed by atoms with E-state index in [-0.39, 0.29) is 12.6 Å². The molecule has 0 fully saturated rings. The molecule has 0 atom stereocenters. The highest BCUT2D eigenvalue weighted by atomic mass is 79.9. The van der Waals surface area contributed by atoms with Crippen LogP contribution in [0.1, 0.15) is 35.0 Å². The Morgan fingerprint density at radius 2 is 1.96 bits per heavy atom. The lowest BCUT2D eigenvalue weighted by Gasteiger charge is -2.09. The second-order valence-corrected chi connectivity index (χ2v) is 7.36. The SMILES string of the molecule is CCOC(=O)c1c(CCCO)n(C)c2cc(Br)c(OCc3ccccc3)cc12. The zero-order chi connectivity index (χ0) is 20.1. The topological polar surface area (TPSA) is 60.7 Å². The van der Waals surface area contributed by atoms with Crippen LogP contribution in [0, 0.1) is 0 Å². The summed E-state index contributed by atoms with van der Waals surface area (Å²) in [5.74, 6) is 0.318. The normalized spacial score (nSPS) is 11.0. The summed E-state index contributed by atoms with van der Waals surface area (Å²) < 4.78 is 14.1. The van der Waals surface area contributed by atoms with E-state index in [9.17, 15) is 9.90 Å². The van der Waals surface area contributed by atoms with E-state index in [4.69, 9.17) is 9.47 Å². The standard InChI is InChI=1S/C22H24BrNO4/c1-3-27-22(26)21-16-12-20(28-14-15-8-5-4-6-9-15)17(23)13-19(16)24(2)18(21)10-7-11-25/h4-6,8-9,12-13,25H,3,7,10-11,14H2,1-2H3. The molecule has 0 radical (unpaired) electrons. The van der Waals surface area contributed by atoms with Crippen LogP contribution < -0.4 is 4.74 Å². The monoisotopic (exact) mass is 445 g/mol. The molecular weight excluding hydrogens is 422 g/mol. The lowest BCUT2D eigenvalue weighted by molar-refractivity contribution is 0.0527. The lowest BCUT2D eigenvalue weighted by atomic mass is 10.1. The summed E-state index contributed by atoms with van der Waals surface area (Å²) in [4.78, 5) is 12.7. The van der Waals surface area contributed by atoms with Crippen LogP contribution in [0.4, 0.5) is 0 Å². The number of fused-ring (bicyclic) bond motifs is 1. The molecule has 1 N–H and O–H groups in total. The number of nitrogens with zero attached hydrogens (tertiary/aromatic N) is 1. The van der Waals surface area contributed by atoms with Gasteiger partial charge in [-0.05, 0) is 53.4 Å². The highest BCUT2D eigenvalue weighted by molar-refractivity contribution is 9.10. The molecule has 0 unspecified atom stereocenters. The smallest absolute Gasteiger partial charge is 0.340 e. The first-order chi connectivity index (χ1) is 13.6. The van der Waals surface area contributed by atoms with Crippen molar-refractivity contribution in [1.82, 2.24) is 4.57 Å². The van der Waals surface area contributed by atoms with E-state index >= 15 is 0 Å². The molecule has 148 valence electrons. The van der Waals surface area contributed by atoms with Crippen molar-refractivity contribution in [3.63, 3.8) is 0 Å². The fourth-order valence-electron chi connectivity index (χ4n) is 3.31. The zero-order valence-electron chi connectivity index (χ0n) is 16.1. The molecule has 0 bridgehead atoms. The first-order valence-corrected chi connectivity index (χ1v) is 10.1. The number of rotatable bonds is 8. The maximum absolute atomic E-state index is 12.7. The van der Waals surface area contributed by atoms with E-state index in [0.717, 1.165) is 26.6 Å². The van der Waals surface area contributed by atoms with Crippen LogP contribution in [-0.4, -0.2) is 28.9 Å². The van der Waals surface area contributed by atoms with Crippen LogP contribution in [0.15, 0.2) is 46.9 Å². The van der Waals surface area contributed by atoms with Crippen LogP contribution in [0.25, 0.3) is 10.9 Å². The van der Waals surface area contributed by atoms with Gasteiger partial charge in [0.15, 0.2) is 0 Å². The second kappa shape index (κ2) is 9.26. The van der Waals surface area contributed by atoms with Gasteiger partial charge < -0.3 is 19.1 Å². The van der Waals surface area contributed by atoms with E-state index < -0.39 is 0 Å². The summed E-state index contributed by atoms with van der Waals surface area (Å²) in [5.41, 5.74) is 3.38. The summed E-state index contributed by atoms with van der Waals surface area (Å²) in [6.07, 6.45) is 1.17. The van der Waals surface area contributed by atoms with Crippen molar-refractivity contribution in [2.24, 2.45) is 7.05 Å². The van der Waals surface area contributed by atoms with E-state index in [1.165, 1.54) is 0 Å². The third-order valence-corrected chi connectivity index (χ3v) is 5.28. The minimum atomic E-state index is -0.350. The van der Waals surface area contributed by atoms with Gasteiger partial charge in [0.1, 0.15) is 12.4 Å². The van der Waals surface area contributed by atoms with Crippen molar-refractivity contribution in [1.29, 1.82) is 0 Å². The maximum atomic E-state index is 12.7. The van der Waals surface area contributed by atoms with Gasteiger partial charge in [0.25, 0.3) is 0 Å². The van der Waals surface area contributed by atoms with Gasteiger partial charge in [-0.2, -0.15) is 0 Å². The summed E-state index contributed by atoms with van der Waals surface area (Å²) >= 11 is 3.58. The fourth-order valence-corrected chi connectivity index (χ4v) is 3.75. The molecule has 0 aliphatic carbocycles. The van der Waals surface area contributed by atoms with Gasteiger partial charge in [-0.3, -0.25) is 0 Å². The van der Waals surface area contributed by atoms with Crippen molar-refractivity contribution in [2.75, 3.05) is 13.2 Å². The number of halogens is 1. The van der Waals surface area contributed by atoms with E-state index in [1.807, 2.05) is 54.1 Å². The summed E-state index contributed by atoms with van der Waals surface area (Å²) in [5, 5.41) is 10.0. The molecule has 6 heteroatoms. The average molecular weight is 446 g/mol. The number of benzene rings is 2. The fraction of sp³-hybridized carbons (Fsp3) is 0.318. The van der Waals surface area contributed by atoms with Crippen LogP contribution in [0.3, 0.4) is 0 Å². The molecule has 0 aliphatic heterocycles. The number of aryl methyl sites for hydroxylation is 1. The van der Waals surface area contributed by atoms with E-state index in [1.54, 1.807) is 6.92 Å². The first kappa shape index (κ1) is 20.4. The highest BCUT2D eigenvalue weighted by Crippen LogP contribution is 2.36. The van der Waals surface area contributed by atoms with Crippen molar-refractivity contribution >= 4 is 32.8 Å². The molecule has 0 saturated carbocycles. The summed E-state index contributed by atoms with van der Waals surface area (Å²) in [6.45, 7) is 2.60. The minimum absolute atomic E-state index is 0.0684. The van der Waals surface area contributed by atoms with Crippen LogP contribution in [0.5, 0.6) is 5.75 Å². The molecule has 0 amide bonds. The Bertz CT molecular complexity index is 966. The van der Waals surface area contributed by atoms with Gasteiger partial charge in [-0.1, -0.05) is 30.3 Å². The van der Waals surface area contributed by atoms with Gasteiger partial charge in [-0.15, -0.1) is 0 Å². The average Bonchev–Trinajstić information content (AvgIpc) is 2.96. The van der Waals surface area contributed by atoms with Crippen molar-refractivity contribution in [3.05, 3.63) is 63.8 Å². The number of aliphatic hydroxyl groups excluding tert-OH is 1. The predicted molar refractivity (Wildman–Crippen MR) is 113 cm³/mol. The van der Waals surface area contributed by atoms with E-state index in [2.05, 4.69) is 15.9 Å². The Hall–Kier alpha value is -2.31. The number of esters is 1. The van der Waals surface area contributed by atoms with Crippen molar-refractivity contribution in [3.8, 4) is 5.75 Å². The van der Waals surface area contributed by atoms with Gasteiger partial charge in [0.05, 0.1) is 22.2 Å². The largest absolute Gasteiger partial charge is 0.488 e. The number of aromatic nitrogens is 1. The molecule has 28 heavy (non-hydrogen) atoms. The Morgan fingerprint density at radius 3 is 2.64 bits per heavy atom. The van der Waals surface area contributed by atoms with Crippen LogP contribution >= 0.6 is 15.9 Å². The Kier molecular flexibility index (Phi) is 6.75. The second-order valence-electron chi connectivity index (χ2n) is 6.50. The molecule has 1 aromatic heterocycles. The first-order valence-electron chi connectivity index (χ1n) is 9.32. The number of ether oxygens (including phenoxy) is 2. The number of carbonyl (C=O) groups is 1. The number of hydrogen-bond donors (Lipinski definition) is 1. The van der Waals surface area contributed by atoms with E-state index in [0.29, 0.717) is 37.4 Å². The molecule has 5 nitrogen and oxygen atoms in total.